The lowest BCUT2D eigenvalue weighted by molar-refractivity contribution is -0.138. The van der Waals surface area contributed by atoms with E-state index in [2.05, 4.69) is 48.5 Å². The number of nitrogens with one attached hydrogen (secondary N) is 2. The van der Waals surface area contributed by atoms with Crippen LogP contribution in [-0.4, -0.2) is 107 Å². The Labute approximate surface area is 402 Å². The monoisotopic (exact) mass is 959 g/mol. The topological polar surface area (TPSA) is 149 Å². The smallest absolute Gasteiger partial charge is 0.416 e. The first kappa shape index (κ1) is 49.1. The highest BCUT2D eigenvalue weighted by Gasteiger charge is 2.35. The molecule has 0 radical (unpaired) electrons. The lowest BCUT2D eigenvalue weighted by Gasteiger charge is -2.38. The van der Waals surface area contributed by atoms with Gasteiger partial charge < -0.3 is 30.5 Å². The van der Waals surface area contributed by atoms with Gasteiger partial charge in [0.25, 0.3) is 0 Å². The fourth-order valence-corrected chi connectivity index (χ4v) is 11.1. The average molecular weight is 961 g/mol. The van der Waals surface area contributed by atoms with Crippen molar-refractivity contribution in [3.63, 3.8) is 0 Å². The van der Waals surface area contributed by atoms with E-state index in [0.717, 1.165) is 125 Å². The molecule has 3 aliphatic heterocycles. The van der Waals surface area contributed by atoms with Gasteiger partial charge in [0.05, 0.1) is 35.0 Å². The third-order valence-corrected chi connectivity index (χ3v) is 15.1. The van der Waals surface area contributed by atoms with Crippen LogP contribution in [0.1, 0.15) is 118 Å². The number of hydrogen-bond acceptors (Lipinski definition) is 10. The number of aryl methyl sites for hydroxylation is 1. The van der Waals surface area contributed by atoms with Gasteiger partial charge in [-0.15, -0.1) is 0 Å². The Hall–Kier alpha value is -5.35. The van der Waals surface area contributed by atoms with Crippen LogP contribution in [-0.2, 0) is 15.8 Å². The zero-order chi connectivity index (χ0) is 48.3. The van der Waals surface area contributed by atoms with Gasteiger partial charge in [0.15, 0.2) is 0 Å². The van der Waals surface area contributed by atoms with Gasteiger partial charge in [0.1, 0.15) is 17.4 Å². The summed E-state index contributed by atoms with van der Waals surface area (Å²) in [6.45, 7) is 8.50. The molecular weight excluding hydrogens is 895 g/mol. The Morgan fingerprint density at radius 2 is 1.75 bits per heavy atom. The number of halogens is 4. The molecule has 2 aliphatic carbocycles. The highest BCUT2D eigenvalue weighted by molar-refractivity contribution is 6.32. The summed E-state index contributed by atoms with van der Waals surface area (Å²) in [6.07, 6.45) is 12.4. The fourth-order valence-electron chi connectivity index (χ4n) is 10.8. The SMILES string of the molecule is COc1cc2nc(C)nc(N[C@H](C)c3cc(N)cc(C(F)(F)F)c3)c2cc1C1CCC(C(=O)N2CCC(CCCN(C)C3CCN(C=C4C=C(N5CCC(=O)NC5=O)C(Cl)=CC4)CC3)CC2)CC1. The standard InChI is InChI=1S/C51H65ClF3N9O4/c1-31(37-25-38(51(53,54)55)27-39(56)26-37)57-48-42-28-41(46(68-4)29-44(42)58-32(2)59-48)35-8-10-36(11-9-35)49(66)63-21-13-33(14-22-63)6-5-18-61(3)40-15-19-62(20-16-40)30-34-7-12-43(52)45(24-34)64-23-17-47(65)60-50(64)67/h12,24-31,33,35-36,40H,5-11,13-23,56H2,1-4H3,(H,57,58,59)(H,60,65,67)/t31-,35?,36?/m1/s1. The van der Waals surface area contributed by atoms with Crippen molar-refractivity contribution in [1.82, 2.24) is 34.9 Å². The van der Waals surface area contributed by atoms with E-state index in [4.69, 9.17) is 22.1 Å². The number of allylic oxidation sites excluding steroid dienone is 4. The van der Waals surface area contributed by atoms with Crippen LogP contribution in [0, 0.1) is 18.8 Å². The number of alkyl halides is 3. The van der Waals surface area contributed by atoms with E-state index < -0.39 is 23.8 Å². The molecule has 4 heterocycles. The molecule has 1 atom stereocenters. The molecule has 17 heteroatoms. The first-order chi connectivity index (χ1) is 32.5. The first-order valence-corrected chi connectivity index (χ1v) is 24.6. The number of piperidine rings is 2. The number of nitrogens with zero attached hydrogens (tertiary/aromatic N) is 6. The molecule has 3 saturated heterocycles. The van der Waals surface area contributed by atoms with E-state index in [9.17, 15) is 27.6 Å². The second kappa shape index (κ2) is 21.1. The van der Waals surface area contributed by atoms with Crippen LogP contribution in [0.5, 0.6) is 5.75 Å². The van der Waals surface area contributed by atoms with Crippen molar-refractivity contribution in [2.24, 2.45) is 11.8 Å². The van der Waals surface area contributed by atoms with Crippen molar-refractivity contribution in [3.05, 3.63) is 87.5 Å². The van der Waals surface area contributed by atoms with E-state index in [1.165, 1.54) is 6.42 Å². The van der Waals surface area contributed by atoms with Gasteiger partial charge in [-0.05, 0) is 157 Å². The van der Waals surface area contributed by atoms with Gasteiger partial charge >= 0.3 is 12.2 Å². The Morgan fingerprint density at radius 3 is 2.44 bits per heavy atom. The van der Waals surface area contributed by atoms with E-state index in [0.29, 0.717) is 58.4 Å². The quantitative estimate of drug-likeness (QED) is 0.142. The molecule has 1 saturated carbocycles. The maximum Gasteiger partial charge on any atom is 0.416 e. The number of hydrogen-bond donors (Lipinski definition) is 3. The number of urea groups is 1. The molecule has 4 fully saturated rings. The largest absolute Gasteiger partial charge is 0.496 e. The molecule has 2 aromatic carbocycles. The number of aromatic nitrogens is 2. The number of carbonyl (C=O) groups is 3. The number of fused-ring (bicyclic) bond motifs is 1. The number of anilines is 2. The number of likely N-dealkylation sites (tertiary alicyclic amines) is 2. The van der Waals surface area contributed by atoms with Gasteiger partial charge in [-0.1, -0.05) is 17.7 Å². The second-order valence-corrected chi connectivity index (χ2v) is 19.8. The Balaban J connectivity index is 0.779. The summed E-state index contributed by atoms with van der Waals surface area (Å²) in [5.74, 6) is 2.56. The number of nitrogens with two attached hydrogens (primary N) is 1. The van der Waals surface area contributed by atoms with Crippen LogP contribution in [0.2, 0.25) is 0 Å². The minimum absolute atomic E-state index is 0.00255. The lowest BCUT2D eigenvalue weighted by Crippen LogP contribution is -2.49. The van der Waals surface area contributed by atoms with Crippen LogP contribution in [0.25, 0.3) is 10.9 Å². The Kier molecular flexibility index (Phi) is 15.2. The summed E-state index contributed by atoms with van der Waals surface area (Å²) >= 11 is 6.49. The molecular formula is C51H65ClF3N9O4. The third kappa shape index (κ3) is 11.6. The maximum absolute atomic E-state index is 13.9. The number of methoxy groups -OCH3 is 1. The molecule has 0 bridgehead atoms. The van der Waals surface area contributed by atoms with Crippen LogP contribution < -0.4 is 21.1 Å². The molecule has 3 aromatic rings. The van der Waals surface area contributed by atoms with Crippen LogP contribution >= 0.6 is 11.6 Å². The van der Waals surface area contributed by atoms with Gasteiger partial charge in [0.2, 0.25) is 11.8 Å². The van der Waals surface area contributed by atoms with Crippen LogP contribution in [0.15, 0.2) is 65.0 Å². The number of ether oxygens (including phenoxy) is 1. The number of amides is 4. The summed E-state index contributed by atoms with van der Waals surface area (Å²) in [6, 6.07) is 7.13. The Morgan fingerprint density at radius 1 is 1.01 bits per heavy atom. The molecule has 366 valence electrons. The van der Waals surface area contributed by atoms with E-state index in [-0.39, 0.29) is 35.8 Å². The average Bonchev–Trinajstić information content (AvgIpc) is 3.31. The summed E-state index contributed by atoms with van der Waals surface area (Å²) < 4.78 is 46.8. The number of benzene rings is 2. The Bertz CT molecular complexity index is 2450. The van der Waals surface area contributed by atoms with E-state index in [1.54, 1.807) is 31.9 Å². The summed E-state index contributed by atoms with van der Waals surface area (Å²) in [5, 5.41) is 7.00. The van der Waals surface area contributed by atoms with Gasteiger partial charge in [-0.25, -0.2) is 14.8 Å². The molecule has 4 amide bonds. The number of rotatable bonds is 13. The number of carbonyl (C=O) groups excluding carboxylic acids is 3. The molecule has 13 nitrogen and oxygen atoms in total. The molecule has 0 spiro atoms. The van der Waals surface area contributed by atoms with Crippen molar-refractivity contribution < 1.29 is 32.3 Å². The van der Waals surface area contributed by atoms with Gasteiger partial charge in [0, 0.05) is 74.4 Å². The predicted molar refractivity (Wildman–Crippen MR) is 259 cm³/mol. The van der Waals surface area contributed by atoms with Crippen molar-refractivity contribution >= 4 is 51.9 Å². The third-order valence-electron chi connectivity index (χ3n) is 14.8. The molecule has 5 aliphatic rings. The van der Waals surface area contributed by atoms with Gasteiger partial charge in [-0.2, -0.15) is 13.2 Å². The molecule has 0 unspecified atom stereocenters. The maximum atomic E-state index is 13.9. The lowest BCUT2D eigenvalue weighted by atomic mass is 9.77. The molecule has 68 heavy (non-hydrogen) atoms. The van der Waals surface area contributed by atoms with Crippen molar-refractivity contribution in [2.75, 3.05) is 64.5 Å². The van der Waals surface area contributed by atoms with E-state index in [1.807, 2.05) is 24.3 Å². The number of nitrogen functional groups attached to an aromatic ring is 1. The zero-order valence-corrected chi connectivity index (χ0v) is 40.4. The van der Waals surface area contributed by atoms with E-state index >= 15 is 0 Å². The van der Waals surface area contributed by atoms with Crippen molar-refractivity contribution in [2.45, 2.75) is 115 Å². The molecule has 8 rings (SSSR count). The highest BCUT2D eigenvalue weighted by Crippen LogP contribution is 2.43. The fraction of sp³-hybridized carbons (Fsp3) is 0.549. The predicted octanol–water partition coefficient (Wildman–Crippen LogP) is 9.65. The summed E-state index contributed by atoms with van der Waals surface area (Å²) in [4.78, 5) is 55.9. The molecule has 1 aromatic heterocycles. The van der Waals surface area contributed by atoms with Crippen molar-refractivity contribution in [1.29, 1.82) is 0 Å². The molecule has 4 N–H and O–H groups in total. The zero-order valence-electron chi connectivity index (χ0n) is 39.6. The minimum atomic E-state index is -4.52. The number of imide groups is 1. The first-order valence-electron chi connectivity index (χ1n) is 24.3. The van der Waals surface area contributed by atoms with Crippen molar-refractivity contribution in [3.8, 4) is 5.75 Å². The second-order valence-electron chi connectivity index (χ2n) is 19.4. The summed E-state index contributed by atoms with van der Waals surface area (Å²) in [5.41, 5.74) is 8.95. The highest BCUT2D eigenvalue weighted by atomic mass is 35.5. The normalized spacial score (nSPS) is 22.4. The van der Waals surface area contributed by atoms with Gasteiger partial charge in [-0.3, -0.25) is 19.8 Å². The van der Waals surface area contributed by atoms with Crippen LogP contribution in [0.4, 0.5) is 29.5 Å². The summed E-state index contributed by atoms with van der Waals surface area (Å²) in [7, 11) is 3.89. The van der Waals surface area contributed by atoms with Crippen LogP contribution in [0.3, 0.4) is 0 Å². The minimum Gasteiger partial charge on any atom is -0.496 e.